The van der Waals surface area contributed by atoms with Crippen molar-refractivity contribution in [2.24, 2.45) is 0 Å². The molecule has 0 spiro atoms. The minimum absolute atomic E-state index is 0.155. The summed E-state index contributed by atoms with van der Waals surface area (Å²) >= 11 is 0. The highest BCUT2D eigenvalue weighted by atomic mass is 16.7. The molecule has 15 heteroatoms. The molecular weight excluding hydrogens is 564 g/mol. The van der Waals surface area contributed by atoms with Crippen LogP contribution in [0.15, 0.2) is 51.7 Å². The van der Waals surface area contributed by atoms with Gasteiger partial charge >= 0.3 is 0 Å². The van der Waals surface area contributed by atoms with Crippen LogP contribution < -0.4 is 10.2 Å². The second-order valence-electron chi connectivity index (χ2n) is 9.91. The van der Waals surface area contributed by atoms with E-state index < -0.39 is 97.3 Å². The molecule has 2 aliphatic rings. The summed E-state index contributed by atoms with van der Waals surface area (Å²) in [7, 11) is 0. The van der Waals surface area contributed by atoms with Gasteiger partial charge in [0.05, 0.1) is 13.2 Å². The predicted molar refractivity (Wildman–Crippen MR) is 138 cm³/mol. The maximum atomic E-state index is 12.7. The molecule has 3 aromatic rings. The number of aromatic hydroxyl groups is 2. The lowest BCUT2D eigenvalue weighted by Crippen LogP contribution is -2.65. The van der Waals surface area contributed by atoms with Crippen molar-refractivity contribution in [2.75, 3.05) is 13.2 Å². The van der Waals surface area contributed by atoms with Crippen LogP contribution in [0.4, 0.5) is 0 Å². The fraction of sp³-hybridized carbons (Fsp3) is 0.444. The molecule has 0 aliphatic carbocycles. The highest BCUT2D eigenvalue weighted by molar-refractivity contribution is 5.89. The SMILES string of the molecule is O=c1cc(-c2ccccc2)oc2cc(O[C@@H]3O[C@H](CO)[C@@H](O[C@@H]4O[C@H](CO)[C@H](O)[C@H](O)[C@H]4O)[C@H](O)[C@H]3O)c(O)c(O)c12. The van der Waals surface area contributed by atoms with Gasteiger partial charge in [0.1, 0.15) is 65.6 Å². The summed E-state index contributed by atoms with van der Waals surface area (Å²) in [6.07, 6.45) is -17.0. The second kappa shape index (κ2) is 12.1. The third kappa shape index (κ3) is 5.43. The van der Waals surface area contributed by atoms with Gasteiger partial charge < -0.3 is 69.3 Å². The number of fused-ring (bicyclic) bond motifs is 1. The lowest BCUT2D eigenvalue weighted by atomic mass is 9.97. The lowest BCUT2D eigenvalue weighted by molar-refractivity contribution is -0.352. The quantitative estimate of drug-likeness (QED) is 0.133. The van der Waals surface area contributed by atoms with E-state index in [9.17, 15) is 50.8 Å². The fourth-order valence-electron chi connectivity index (χ4n) is 4.88. The number of rotatable bonds is 7. The third-order valence-electron chi connectivity index (χ3n) is 7.19. The smallest absolute Gasteiger partial charge is 0.229 e. The Hall–Kier alpha value is -3.35. The predicted octanol–water partition coefficient (Wildman–Crippen LogP) is -2.13. The largest absolute Gasteiger partial charge is 0.504 e. The van der Waals surface area contributed by atoms with Gasteiger partial charge in [0.15, 0.2) is 23.2 Å². The molecule has 10 atom stereocenters. The zero-order valence-corrected chi connectivity index (χ0v) is 21.7. The molecular formula is C27H30O15. The van der Waals surface area contributed by atoms with Gasteiger partial charge in [0.2, 0.25) is 12.0 Å². The average molecular weight is 595 g/mol. The first-order valence-corrected chi connectivity index (χ1v) is 12.9. The Labute approximate surface area is 236 Å². The van der Waals surface area contributed by atoms with E-state index in [1.165, 1.54) is 0 Å². The van der Waals surface area contributed by atoms with Gasteiger partial charge in [-0.05, 0) is 0 Å². The molecule has 2 aliphatic heterocycles. The van der Waals surface area contributed by atoms with Crippen LogP contribution in [-0.2, 0) is 14.2 Å². The van der Waals surface area contributed by atoms with E-state index in [0.717, 1.165) is 12.1 Å². The third-order valence-corrected chi connectivity index (χ3v) is 7.19. The van der Waals surface area contributed by atoms with Crippen molar-refractivity contribution in [1.29, 1.82) is 0 Å². The maximum Gasteiger partial charge on any atom is 0.229 e. The van der Waals surface area contributed by atoms with Crippen LogP contribution in [0.1, 0.15) is 0 Å². The summed E-state index contributed by atoms with van der Waals surface area (Å²) in [6, 6.07) is 10.8. The molecule has 0 saturated carbocycles. The van der Waals surface area contributed by atoms with Gasteiger partial charge in [0, 0.05) is 17.7 Å². The average Bonchev–Trinajstić information content (AvgIpc) is 2.99. The number of phenolic OH excluding ortho intramolecular Hbond substituents is 2. The molecule has 9 N–H and O–H groups in total. The Morgan fingerprint density at radius 2 is 1.38 bits per heavy atom. The molecule has 3 heterocycles. The highest BCUT2D eigenvalue weighted by Crippen LogP contribution is 2.43. The van der Waals surface area contributed by atoms with Gasteiger partial charge in [-0.15, -0.1) is 0 Å². The molecule has 0 unspecified atom stereocenters. The van der Waals surface area contributed by atoms with Crippen molar-refractivity contribution in [3.05, 3.63) is 52.7 Å². The molecule has 2 aromatic carbocycles. The summed E-state index contributed by atoms with van der Waals surface area (Å²) in [5.41, 5.74) is -0.288. The van der Waals surface area contributed by atoms with E-state index in [4.69, 9.17) is 23.4 Å². The molecule has 228 valence electrons. The Kier molecular flexibility index (Phi) is 8.68. The van der Waals surface area contributed by atoms with Crippen LogP contribution in [0.3, 0.4) is 0 Å². The molecule has 42 heavy (non-hydrogen) atoms. The van der Waals surface area contributed by atoms with Crippen molar-refractivity contribution >= 4 is 11.0 Å². The Bertz CT molecular complexity index is 1440. The summed E-state index contributed by atoms with van der Waals surface area (Å²) in [6.45, 7) is -1.57. The standard InChI is InChI=1S/C27H30O15/c28-8-15-19(32)21(34)23(36)27(40-15)42-25-16(9-29)41-26(24(37)22(25)35)39-14-7-13-17(20(33)18(14)31)11(30)6-12(38-13)10-4-2-1-3-5-10/h1-7,15-16,19,21-29,31-37H,8-9H2/t15-,16-,19+,21+,22-,23-,24-,25-,26-,27+/m1/s1. The van der Waals surface area contributed by atoms with Crippen LogP contribution >= 0.6 is 0 Å². The number of ether oxygens (including phenoxy) is 4. The minimum Gasteiger partial charge on any atom is -0.504 e. The van der Waals surface area contributed by atoms with Crippen molar-refractivity contribution in [3.63, 3.8) is 0 Å². The molecule has 2 saturated heterocycles. The van der Waals surface area contributed by atoms with E-state index in [0.29, 0.717) is 5.56 Å². The van der Waals surface area contributed by atoms with Gasteiger partial charge in [-0.25, -0.2) is 0 Å². The van der Waals surface area contributed by atoms with Crippen LogP contribution in [0.2, 0.25) is 0 Å². The van der Waals surface area contributed by atoms with E-state index in [2.05, 4.69) is 0 Å². The monoisotopic (exact) mass is 594 g/mol. The van der Waals surface area contributed by atoms with E-state index in [1.807, 2.05) is 0 Å². The molecule has 0 radical (unpaired) electrons. The summed E-state index contributed by atoms with van der Waals surface area (Å²) in [5.74, 6) is -2.12. The number of aliphatic hydroxyl groups is 7. The van der Waals surface area contributed by atoms with Crippen LogP contribution in [0.5, 0.6) is 17.2 Å². The van der Waals surface area contributed by atoms with Crippen LogP contribution in [-0.4, -0.2) is 121 Å². The minimum atomic E-state index is -1.93. The zero-order valence-electron chi connectivity index (χ0n) is 21.7. The van der Waals surface area contributed by atoms with E-state index in [1.54, 1.807) is 30.3 Å². The Balaban J connectivity index is 1.40. The topological polar surface area (TPSA) is 249 Å². The molecule has 1 aromatic heterocycles. The van der Waals surface area contributed by atoms with Gasteiger partial charge in [-0.1, -0.05) is 30.3 Å². The van der Waals surface area contributed by atoms with Gasteiger partial charge in [0.25, 0.3) is 0 Å². The second-order valence-corrected chi connectivity index (χ2v) is 9.91. The molecule has 5 rings (SSSR count). The molecule has 2 fully saturated rings. The van der Waals surface area contributed by atoms with Crippen LogP contribution in [0.25, 0.3) is 22.3 Å². The van der Waals surface area contributed by atoms with Crippen LogP contribution in [0, 0.1) is 0 Å². The lowest BCUT2D eigenvalue weighted by Gasteiger charge is -2.45. The van der Waals surface area contributed by atoms with Gasteiger partial charge in [-0.3, -0.25) is 4.79 Å². The number of aliphatic hydroxyl groups excluding tert-OH is 7. The Morgan fingerprint density at radius 3 is 2.05 bits per heavy atom. The van der Waals surface area contributed by atoms with E-state index in [-0.39, 0.29) is 16.7 Å². The number of benzene rings is 2. The number of hydrogen-bond acceptors (Lipinski definition) is 15. The normalized spacial score (nSPS) is 33.5. The summed E-state index contributed by atoms with van der Waals surface area (Å²) in [5, 5.41) is 91.9. The molecule has 15 nitrogen and oxygen atoms in total. The summed E-state index contributed by atoms with van der Waals surface area (Å²) in [4.78, 5) is 12.7. The zero-order chi connectivity index (χ0) is 30.3. The van der Waals surface area contributed by atoms with Crippen molar-refractivity contribution in [3.8, 4) is 28.6 Å². The molecule has 0 amide bonds. The van der Waals surface area contributed by atoms with Gasteiger partial charge in [-0.2, -0.15) is 0 Å². The first kappa shape index (κ1) is 30.1. The van der Waals surface area contributed by atoms with Crippen molar-refractivity contribution in [2.45, 2.75) is 61.4 Å². The van der Waals surface area contributed by atoms with Crippen molar-refractivity contribution in [1.82, 2.24) is 0 Å². The first-order valence-electron chi connectivity index (χ1n) is 12.9. The number of phenols is 2. The fourth-order valence-corrected chi connectivity index (χ4v) is 4.88. The Morgan fingerprint density at radius 1 is 0.738 bits per heavy atom. The maximum absolute atomic E-state index is 12.7. The summed E-state index contributed by atoms with van der Waals surface area (Å²) < 4.78 is 27.6. The highest BCUT2D eigenvalue weighted by Gasteiger charge is 2.51. The molecule has 0 bridgehead atoms. The first-order chi connectivity index (χ1) is 20.0. The van der Waals surface area contributed by atoms with E-state index >= 15 is 0 Å². The number of hydrogen-bond donors (Lipinski definition) is 9. The van der Waals surface area contributed by atoms with Crippen molar-refractivity contribution < 1.29 is 69.3 Å².